The summed E-state index contributed by atoms with van der Waals surface area (Å²) in [5, 5.41) is 10.1. The zero-order valence-electron chi connectivity index (χ0n) is 10.9. The van der Waals surface area contributed by atoms with Crippen LogP contribution in [-0.2, 0) is 6.54 Å². The van der Waals surface area contributed by atoms with E-state index in [1.807, 2.05) is 13.0 Å². The molecular formula is C13H18N4O. The van der Waals surface area contributed by atoms with Gasteiger partial charge in [0.15, 0.2) is 0 Å². The van der Waals surface area contributed by atoms with Crippen molar-refractivity contribution in [1.29, 1.82) is 0 Å². The Hall–Kier alpha value is -1.88. The lowest BCUT2D eigenvalue weighted by atomic mass is 10.1. The molecule has 2 N–H and O–H groups in total. The summed E-state index contributed by atoms with van der Waals surface area (Å²) < 4.78 is 5.24. The van der Waals surface area contributed by atoms with E-state index in [-0.39, 0.29) is 6.04 Å². The van der Waals surface area contributed by atoms with Crippen LogP contribution in [0.3, 0.4) is 0 Å². The highest BCUT2D eigenvalue weighted by atomic mass is 16.5. The third-order valence-corrected chi connectivity index (χ3v) is 2.92. The van der Waals surface area contributed by atoms with Gasteiger partial charge in [0.2, 0.25) is 0 Å². The molecule has 0 spiro atoms. The first kappa shape index (κ1) is 12.6. The summed E-state index contributed by atoms with van der Waals surface area (Å²) in [6, 6.07) is 6.32. The van der Waals surface area contributed by atoms with Gasteiger partial charge in [-0.1, -0.05) is 12.1 Å². The summed E-state index contributed by atoms with van der Waals surface area (Å²) in [6.07, 6.45) is 1.52. The predicted molar refractivity (Wildman–Crippen MR) is 69.4 cm³/mol. The number of aryl methyl sites for hydroxylation is 1. The molecule has 0 saturated carbocycles. The smallest absolute Gasteiger partial charge is 0.141 e. The number of aromatic nitrogens is 3. The number of methoxy groups -OCH3 is 1. The Morgan fingerprint density at radius 3 is 2.89 bits per heavy atom. The van der Waals surface area contributed by atoms with Gasteiger partial charge in [-0.3, -0.25) is 5.10 Å². The van der Waals surface area contributed by atoms with Crippen LogP contribution < -0.4 is 10.1 Å². The van der Waals surface area contributed by atoms with Crippen LogP contribution in [0, 0.1) is 6.92 Å². The van der Waals surface area contributed by atoms with Gasteiger partial charge in [-0.15, -0.1) is 0 Å². The van der Waals surface area contributed by atoms with Gasteiger partial charge in [0, 0.05) is 6.54 Å². The van der Waals surface area contributed by atoms with Crippen LogP contribution >= 0.6 is 0 Å². The number of hydrogen-bond donors (Lipinski definition) is 2. The molecule has 2 aromatic rings. The second-order valence-electron chi connectivity index (χ2n) is 4.28. The molecule has 0 aliphatic rings. The van der Waals surface area contributed by atoms with Crippen molar-refractivity contribution in [1.82, 2.24) is 20.5 Å². The van der Waals surface area contributed by atoms with Crippen LogP contribution in [0.2, 0.25) is 0 Å². The van der Waals surface area contributed by atoms with E-state index in [4.69, 9.17) is 4.74 Å². The predicted octanol–water partition coefficient (Wildman–Crippen LogP) is 1.97. The summed E-state index contributed by atoms with van der Waals surface area (Å²) in [5.74, 6) is 1.77. The summed E-state index contributed by atoms with van der Waals surface area (Å²) in [7, 11) is 1.69. The highest BCUT2D eigenvalue weighted by Gasteiger charge is 2.07. The lowest BCUT2D eigenvalue weighted by Crippen LogP contribution is -2.19. The molecule has 1 aromatic carbocycles. The first-order valence-corrected chi connectivity index (χ1v) is 5.93. The Morgan fingerprint density at radius 2 is 2.28 bits per heavy atom. The lowest BCUT2D eigenvalue weighted by molar-refractivity contribution is 0.411. The first-order valence-electron chi connectivity index (χ1n) is 5.93. The number of nitrogens with zero attached hydrogens (tertiary/aromatic N) is 2. The molecule has 5 heteroatoms. The molecule has 0 saturated heterocycles. The average Bonchev–Trinajstić information content (AvgIpc) is 2.90. The fourth-order valence-corrected chi connectivity index (χ4v) is 1.84. The van der Waals surface area contributed by atoms with Crippen molar-refractivity contribution in [2.75, 3.05) is 7.11 Å². The topological polar surface area (TPSA) is 62.8 Å². The van der Waals surface area contributed by atoms with Gasteiger partial charge in [0.05, 0.1) is 13.2 Å². The zero-order valence-corrected chi connectivity index (χ0v) is 10.9. The van der Waals surface area contributed by atoms with E-state index < -0.39 is 0 Å². The molecule has 1 aromatic heterocycles. The standard InChI is InChI=1S/C13H18N4O/c1-9-6-11(4-5-12(9)18-3)7-14-10(2)13-15-8-16-17-13/h4-6,8,10,14H,7H2,1-3H3,(H,15,16,17). The molecule has 0 aliphatic carbocycles. The maximum absolute atomic E-state index is 5.24. The van der Waals surface area contributed by atoms with Crippen molar-refractivity contribution >= 4 is 0 Å². The molecule has 0 amide bonds. The van der Waals surface area contributed by atoms with Crippen molar-refractivity contribution < 1.29 is 4.74 Å². The Kier molecular flexibility index (Phi) is 3.94. The van der Waals surface area contributed by atoms with Gasteiger partial charge >= 0.3 is 0 Å². The minimum absolute atomic E-state index is 0.148. The van der Waals surface area contributed by atoms with E-state index >= 15 is 0 Å². The van der Waals surface area contributed by atoms with E-state index in [2.05, 4.69) is 39.6 Å². The first-order chi connectivity index (χ1) is 8.70. The van der Waals surface area contributed by atoms with Gasteiger partial charge in [-0.2, -0.15) is 5.10 Å². The summed E-state index contributed by atoms with van der Waals surface area (Å²) in [5.41, 5.74) is 2.36. The van der Waals surface area contributed by atoms with Crippen molar-refractivity contribution in [3.05, 3.63) is 41.5 Å². The van der Waals surface area contributed by atoms with Gasteiger partial charge in [-0.05, 0) is 31.0 Å². The van der Waals surface area contributed by atoms with Crippen LogP contribution in [0.25, 0.3) is 0 Å². The Morgan fingerprint density at radius 1 is 1.44 bits per heavy atom. The van der Waals surface area contributed by atoms with E-state index in [1.54, 1.807) is 7.11 Å². The highest BCUT2D eigenvalue weighted by molar-refractivity contribution is 5.36. The molecule has 0 aliphatic heterocycles. The van der Waals surface area contributed by atoms with Gasteiger partial charge in [-0.25, -0.2) is 4.98 Å². The fourth-order valence-electron chi connectivity index (χ4n) is 1.84. The van der Waals surface area contributed by atoms with E-state index in [0.29, 0.717) is 0 Å². The fraction of sp³-hybridized carbons (Fsp3) is 0.385. The third kappa shape index (κ3) is 2.87. The molecule has 1 atom stereocenters. The van der Waals surface area contributed by atoms with E-state index in [1.165, 1.54) is 11.9 Å². The van der Waals surface area contributed by atoms with Crippen molar-refractivity contribution in [3.8, 4) is 5.75 Å². The molecule has 0 bridgehead atoms. The lowest BCUT2D eigenvalue weighted by Gasteiger charge is -2.12. The van der Waals surface area contributed by atoms with E-state index in [0.717, 1.165) is 23.7 Å². The minimum atomic E-state index is 0.148. The average molecular weight is 246 g/mol. The van der Waals surface area contributed by atoms with Crippen molar-refractivity contribution in [2.24, 2.45) is 0 Å². The molecule has 1 unspecified atom stereocenters. The molecule has 96 valence electrons. The molecule has 5 nitrogen and oxygen atoms in total. The SMILES string of the molecule is COc1ccc(CNC(C)c2ncn[nH]2)cc1C. The number of ether oxygens (including phenoxy) is 1. The maximum atomic E-state index is 5.24. The highest BCUT2D eigenvalue weighted by Crippen LogP contribution is 2.18. The van der Waals surface area contributed by atoms with Crippen LogP contribution in [0.15, 0.2) is 24.5 Å². The van der Waals surface area contributed by atoms with Crippen molar-refractivity contribution in [3.63, 3.8) is 0 Å². The van der Waals surface area contributed by atoms with Gasteiger partial charge < -0.3 is 10.1 Å². The Labute approximate surface area is 107 Å². The molecule has 0 fully saturated rings. The number of nitrogens with one attached hydrogen (secondary N) is 2. The normalized spacial score (nSPS) is 12.4. The maximum Gasteiger partial charge on any atom is 0.141 e. The van der Waals surface area contributed by atoms with Crippen molar-refractivity contribution in [2.45, 2.75) is 26.4 Å². The second kappa shape index (κ2) is 5.64. The number of hydrogen-bond acceptors (Lipinski definition) is 4. The number of benzene rings is 1. The van der Waals surface area contributed by atoms with Gasteiger partial charge in [0.25, 0.3) is 0 Å². The second-order valence-corrected chi connectivity index (χ2v) is 4.28. The molecular weight excluding hydrogens is 228 g/mol. The molecule has 1 heterocycles. The number of H-pyrrole nitrogens is 1. The number of aromatic amines is 1. The molecule has 18 heavy (non-hydrogen) atoms. The quantitative estimate of drug-likeness (QED) is 0.846. The van der Waals surface area contributed by atoms with Crippen LogP contribution in [-0.4, -0.2) is 22.3 Å². The summed E-state index contributed by atoms with van der Waals surface area (Å²) in [4.78, 5) is 4.12. The summed E-state index contributed by atoms with van der Waals surface area (Å²) >= 11 is 0. The zero-order chi connectivity index (χ0) is 13.0. The summed E-state index contributed by atoms with van der Waals surface area (Å²) in [6.45, 7) is 4.88. The largest absolute Gasteiger partial charge is 0.496 e. The Balaban J connectivity index is 1.96. The Bertz CT molecular complexity index is 496. The van der Waals surface area contributed by atoms with Crippen LogP contribution in [0.5, 0.6) is 5.75 Å². The van der Waals surface area contributed by atoms with Crippen LogP contribution in [0.4, 0.5) is 0 Å². The van der Waals surface area contributed by atoms with Crippen LogP contribution in [0.1, 0.15) is 29.9 Å². The minimum Gasteiger partial charge on any atom is -0.496 e. The number of rotatable bonds is 5. The van der Waals surface area contributed by atoms with E-state index in [9.17, 15) is 0 Å². The van der Waals surface area contributed by atoms with Gasteiger partial charge in [0.1, 0.15) is 17.9 Å². The monoisotopic (exact) mass is 246 g/mol. The third-order valence-electron chi connectivity index (χ3n) is 2.92. The molecule has 0 radical (unpaired) electrons. The molecule has 2 rings (SSSR count).